The Morgan fingerprint density at radius 1 is 1.02 bits per heavy atom. The first-order chi connectivity index (χ1) is 24.3. The molecule has 3 aromatic rings. The van der Waals surface area contributed by atoms with E-state index in [0.717, 1.165) is 18.7 Å². The normalized spacial score (nSPS) is 18.5. The van der Waals surface area contributed by atoms with Gasteiger partial charge in [0.05, 0.1) is 63.0 Å². The first-order valence-electron chi connectivity index (χ1n) is 16.0. The van der Waals surface area contributed by atoms with Crippen molar-refractivity contribution in [2.75, 3.05) is 77.0 Å². The predicted octanol–water partition coefficient (Wildman–Crippen LogP) is 3.70. The predicted molar refractivity (Wildman–Crippen MR) is 190 cm³/mol. The molecule has 0 bridgehead atoms. The van der Waals surface area contributed by atoms with Crippen LogP contribution in [0.15, 0.2) is 49.8 Å². The zero-order valence-electron chi connectivity index (χ0n) is 27.8. The van der Waals surface area contributed by atoms with E-state index in [4.69, 9.17) is 52.1 Å². The van der Waals surface area contributed by atoms with Gasteiger partial charge in [0.15, 0.2) is 0 Å². The number of halogens is 2. The van der Waals surface area contributed by atoms with Crippen molar-refractivity contribution in [3.05, 3.63) is 65.4 Å². The summed E-state index contributed by atoms with van der Waals surface area (Å²) in [6.07, 6.45) is 5.96. The molecule has 50 heavy (non-hydrogen) atoms. The number of aromatic nitrogens is 3. The van der Waals surface area contributed by atoms with Crippen LogP contribution < -0.4 is 29.7 Å². The number of hydrogen-bond acceptors (Lipinski definition) is 12. The van der Waals surface area contributed by atoms with Gasteiger partial charge in [0.1, 0.15) is 39.7 Å². The Labute approximate surface area is 300 Å². The van der Waals surface area contributed by atoms with Gasteiger partial charge in [-0.2, -0.15) is 0 Å². The zero-order chi connectivity index (χ0) is 35.4. The molecular formula is C34H38Cl2N8O6. The molecule has 2 amide bonds. The average Bonchev–Trinajstić information content (AvgIpc) is 3.57. The number of anilines is 3. The molecule has 0 saturated carbocycles. The number of ether oxygens (including phenoxy) is 4. The van der Waals surface area contributed by atoms with E-state index in [1.165, 1.54) is 26.4 Å². The minimum atomic E-state index is -0.299. The Bertz CT molecular complexity index is 1760. The van der Waals surface area contributed by atoms with E-state index in [-0.39, 0.29) is 40.5 Å². The highest BCUT2D eigenvalue weighted by Gasteiger charge is 2.35. The van der Waals surface area contributed by atoms with E-state index in [0.29, 0.717) is 85.4 Å². The fraction of sp³-hybridized carbons (Fsp3) is 0.382. The van der Waals surface area contributed by atoms with Gasteiger partial charge in [-0.25, -0.2) is 15.0 Å². The molecule has 2 aromatic heterocycles. The van der Waals surface area contributed by atoms with Crippen LogP contribution in [0.25, 0.3) is 11.3 Å². The number of fused-ring (bicyclic) bond motifs is 3. The molecule has 0 radical (unpaired) electrons. The topological polar surface area (TPSA) is 144 Å². The number of pyridine rings is 1. The van der Waals surface area contributed by atoms with Crippen LogP contribution >= 0.6 is 23.2 Å². The van der Waals surface area contributed by atoms with E-state index in [1.54, 1.807) is 29.4 Å². The maximum atomic E-state index is 12.0. The minimum absolute atomic E-state index is 0.0604. The lowest BCUT2D eigenvalue weighted by Gasteiger charge is -2.35. The fourth-order valence-electron chi connectivity index (χ4n) is 6.18. The molecule has 5 heterocycles. The van der Waals surface area contributed by atoms with Gasteiger partial charge in [0.25, 0.3) is 0 Å². The summed E-state index contributed by atoms with van der Waals surface area (Å²) < 4.78 is 23.2. The molecule has 16 heteroatoms. The quantitative estimate of drug-likeness (QED) is 0.263. The molecule has 0 spiro atoms. The molecule has 3 aliphatic rings. The van der Waals surface area contributed by atoms with Crippen molar-refractivity contribution in [3.8, 4) is 28.5 Å². The summed E-state index contributed by atoms with van der Waals surface area (Å²) in [4.78, 5) is 44.3. The monoisotopic (exact) mass is 724 g/mol. The standard InChI is InChI=1S/C34H38Cl2N8O6/c1-5-26(45)39-21-18-49-19-22(21)40-34-38-16-20-17-44(32-29(35)24(47-3)15-25(48-4)30(32)36)33-28(31(20)41-34)23(7-8-37-33)50-14-13-42-9-11-43(12-10-42)27(46)6-2/h5-8,15-16,21-22H,1-2,9-14,17-19H2,3-4H3,(H,39,45)(H,38,40,41)/t21-,22+/m0/s1. The summed E-state index contributed by atoms with van der Waals surface area (Å²) in [6.45, 7) is 11.8. The second kappa shape index (κ2) is 15.5. The van der Waals surface area contributed by atoms with Crippen molar-refractivity contribution in [2.45, 2.75) is 18.6 Å². The van der Waals surface area contributed by atoms with E-state index in [9.17, 15) is 9.59 Å². The molecule has 3 aliphatic heterocycles. The summed E-state index contributed by atoms with van der Waals surface area (Å²) in [5.41, 5.74) is 2.44. The maximum Gasteiger partial charge on any atom is 0.246 e. The molecule has 1 aromatic carbocycles. The van der Waals surface area contributed by atoms with Crippen LogP contribution in [0.1, 0.15) is 5.56 Å². The van der Waals surface area contributed by atoms with Crippen molar-refractivity contribution in [3.63, 3.8) is 0 Å². The van der Waals surface area contributed by atoms with Crippen molar-refractivity contribution >= 4 is 52.5 Å². The van der Waals surface area contributed by atoms with Crippen molar-refractivity contribution in [1.29, 1.82) is 0 Å². The number of amides is 2. The maximum absolute atomic E-state index is 12.0. The summed E-state index contributed by atoms with van der Waals surface area (Å²) >= 11 is 13.8. The Morgan fingerprint density at radius 2 is 1.74 bits per heavy atom. The lowest BCUT2D eigenvalue weighted by molar-refractivity contribution is -0.127. The third kappa shape index (κ3) is 7.15. The highest BCUT2D eigenvalue weighted by molar-refractivity contribution is 6.41. The van der Waals surface area contributed by atoms with Gasteiger partial charge < -0.3 is 39.4 Å². The lowest BCUT2D eigenvalue weighted by atomic mass is 10.0. The SMILES string of the molecule is C=CC(=O)N[C@H]1COC[C@H]1Nc1ncc2c(n1)-c1c(OCCN3CCN(C(=O)C=C)CC3)ccnc1N(c1c(Cl)c(OC)cc(OC)c1Cl)C2. The van der Waals surface area contributed by atoms with Crippen molar-refractivity contribution < 1.29 is 28.5 Å². The van der Waals surface area contributed by atoms with E-state index in [1.807, 2.05) is 4.90 Å². The Balaban J connectivity index is 1.34. The van der Waals surface area contributed by atoms with Crippen molar-refractivity contribution in [2.24, 2.45) is 0 Å². The molecular weight excluding hydrogens is 687 g/mol. The summed E-state index contributed by atoms with van der Waals surface area (Å²) in [6, 6.07) is 2.85. The average molecular weight is 726 g/mol. The van der Waals surface area contributed by atoms with Gasteiger partial charge >= 0.3 is 0 Å². The van der Waals surface area contributed by atoms with Crippen LogP contribution in [0.3, 0.4) is 0 Å². The molecule has 264 valence electrons. The van der Waals surface area contributed by atoms with Gasteiger partial charge in [-0.3, -0.25) is 14.5 Å². The molecule has 2 N–H and O–H groups in total. The number of carbonyl (C=O) groups is 2. The molecule has 2 fully saturated rings. The fourth-order valence-corrected chi connectivity index (χ4v) is 6.89. The number of benzene rings is 1. The third-order valence-corrected chi connectivity index (χ3v) is 9.56. The molecule has 6 rings (SSSR count). The number of carbonyl (C=O) groups excluding carboxylic acids is 2. The third-order valence-electron chi connectivity index (χ3n) is 8.83. The number of methoxy groups -OCH3 is 2. The van der Waals surface area contributed by atoms with E-state index >= 15 is 0 Å². The smallest absolute Gasteiger partial charge is 0.246 e. The molecule has 2 saturated heterocycles. The zero-order valence-corrected chi connectivity index (χ0v) is 29.3. The van der Waals surface area contributed by atoms with Crippen LogP contribution in [-0.4, -0.2) is 115 Å². The van der Waals surface area contributed by atoms with E-state index in [2.05, 4.69) is 33.7 Å². The largest absolute Gasteiger partial charge is 0.495 e. The van der Waals surface area contributed by atoms with E-state index < -0.39 is 0 Å². The second-order valence-electron chi connectivity index (χ2n) is 11.7. The van der Waals surface area contributed by atoms with Crippen LogP contribution in [-0.2, 0) is 20.9 Å². The summed E-state index contributed by atoms with van der Waals surface area (Å²) in [5.74, 6) is 1.81. The Hall–Kier alpha value is -4.63. The van der Waals surface area contributed by atoms with Gasteiger partial charge in [-0.05, 0) is 18.2 Å². The van der Waals surface area contributed by atoms with Crippen LogP contribution in [0.4, 0.5) is 17.5 Å². The lowest BCUT2D eigenvalue weighted by Crippen LogP contribution is -2.49. The number of nitrogens with zero attached hydrogens (tertiary/aromatic N) is 6. The van der Waals surface area contributed by atoms with Crippen molar-refractivity contribution in [1.82, 2.24) is 30.1 Å². The Morgan fingerprint density at radius 3 is 2.42 bits per heavy atom. The second-order valence-corrected chi connectivity index (χ2v) is 12.5. The minimum Gasteiger partial charge on any atom is -0.495 e. The summed E-state index contributed by atoms with van der Waals surface area (Å²) in [7, 11) is 3.04. The highest BCUT2D eigenvalue weighted by atomic mass is 35.5. The number of hydrogen-bond donors (Lipinski definition) is 2. The van der Waals surface area contributed by atoms with Crippen LogP contribution in [0.5, 0.6) is 17.2 Å². The first-order valence-corrected chi connectivity index (χ1v) is 16.8. The Kier molecular flexibility index (Phi) is 10.9. The first kappa shape index (κ1) is 35.2. The van der Waals surface area contributed by atoms with Gasteiger partial charge in [-0.1, -0.05) is 36.4 Å². The number of nitrogens with one attached hydrogen (secondary N) is 2. The summed E-state index contributed by atoms with van der Waals surface area (Å²) in [5, 5.41) is 6.78. The number of piperazine rings is 1. The molecule has 14 nitrogen and oxygen atoms in total. The number of rotatable bonds is 12. The van der Waals surface area contributed by atoms with Crippen LogP contribution in [0.2, 0.25) is 10.0 Å². The highest BCUT2D eigenvalue weighted by Crippen LogP contribution is 2.52. The molecule has 0 unspecified atom stereocenters. The van der Waals surface area contributed by atoms with Gasteiger partial charge in [0.2, 0.25) is 17.8 Å². The molecule has 0 aliphatic carbocycles. The molecule has 2 atom stereocenters. The van der Waals surface area contributed by atoms with Gasteiger partial charge in [-0.15, -0.1) is 0 Å². The van der Waals surface area contributed by atoms with Crippen LogP contribution in [0, 0.1) is 0 Å². The van der Waals surface area contributed by atoms with Gasteiger partial charge in [0, 0.05) is 56.7 Å².